The summed E-state index contributed by atoms with van der Waals surface area (Å²) in [5.74, 6) is 0. The molecule has 0 amide bonds. The van der Waals surface area contributed by atoms with E-state index < -0.39 is 0 Å². The van der Waals surface area contributed by atoms with Crippen LogP contribution < -0.4 is 5.73 Å². The molecule has 0 aliphatic rings. The van der Waals surface area contributed by atoms with E-state index in [-0.39, 0.29) is 32.7 Å². The van der Waals surface area contributed by atoms with E-state index in [4.69, 9.17) is 5.73 Å². The average Bonchev–Trinajstić information content (AvgIpc) is 1.77. The Balaban J connectivity index is 0.000000640. The Bertz CT molecular complexity index is 169. The Morgan fingerprint density at radius 2 is 2.22 bits per heavy atom. The number of nitrogens with two attached hydrogens (primary N) is 1. The van der Waals surface area contributed by atoms with Crippen LogP contribution in [0.1, 0.15) is 0 Å². The fourth-order valence-corrected chi connectivity index (χ4v) is 0.686. The molecule has 0 bridgehead atoms. The van der Waals surface area contributed by atoms with E-state index in [2.05, 4.69) is 22.0 Å². The summed E-state index contributed by atoms with van der Waals surface area (Å²) in [6.07, 6.45) is 0. The van der Waals surface area contributed by atoms with Crippen molar-refractivity contribution in [3.8, 4) is 0 Å². The molecule has 1 nitrogen and oxygen atoms in total. The third-order valence-corrected chi connectivity index (χ3v) is 1.53. The fraction of sp³-hybridized carbons (Fsp3) is 0. The van der Waals surface area contributed by atoms with Crippen molar-refractivity contribution in [1.82, 2.24) is 0 Å². The molecule has 0 saturated heterocycles. The number of anilines is 1. The zero-order valence-corrected chi connectivity index (χ0v) is 9.19. The smallest absolute Gasteiger partial charge is 0.418 e. The Kier molecular flexibility index (Phi) is 4.72. The summed E-state index contributed by atoms with van der Waals surface area (Å²) >= 11 is 3.24. The zero-order valence-electron chi connectivity index (χ0n) is 4.76. The Labute approximate surface area is 88.0 Å². The average molecular weight is 260 g/mol. The van der Waals surface area contributed by atoms with Crippen molar-refractivity contribution >= 4 is 21.6 Å². The first-order valence-corrected chi connectivity index (χ1v) is 3.01. The monoisotopic (exact) mass is 259 g/mol. The number of hydrogen-bond donors (Lipinski definition) is 1. The Morgan fingerprint density at radius 3 is 2.56 bits per heavy atom. The van der Waals surface area contributed by atoms with Gasteiger partial charge >= 0.3 is 32.7 Å². The molecular weight excluding hydrogens is 255 g/mol. The third-order valence-electron chi connectivity index (χ3n) is 0.845. The Hall–Kier alpha value is 0.604. The number of halogens is 1. The molecule has 0 aliphatic heterocycles. The predicted molar refractivity (Wildman–Crippen MR) is 37.4 cm³/mol. The first-order valence-electron chi connectivity index (χ1n) is 2.22. The van der Waals surface area contributed by atoms with E-state index in [9.17, 15) is 0 Å². The van der Waals surface area contributed by atoms with E-state index in [1.807, 2.05) is 0 Å². The van der Waals surface area contributed by atoms with Gasteiger partial charge in [-0.15, -0.1) is 22.0 Å². The van der Waals surface area contributed by atoms with Gasteiger partial charge in [0.05, 0.1) is 0 Å². The topological polar surface area (TPSA) is 26.0 Å². The van der Waals surface area contributed by atoms with E-state index in [1.54, 1.807) is 18.2 Å². The molecule has 42 valence electrons. The molecule has 0 spiro atoms. The van der Waals surface area contributed by atoms with Crippen molar-refractivity contribution in [2.75, 3.05) is 5.73 Å². The maximum absolute atomic E-state index is 5.45. The van der Waals surface area contributed by atoms with Crippen LogP contribution in [0, 0.1) is 6.07 Å². The summed E-state index contributed by atoms with van der Waals surface area (Å²) in [6, 6.07) is 8.24. The summed E-state index contributed by atoms with van der Waals surface area (Å²) < 4.78 is 0.903. The molecule has 1 rings (SSSR count). The minimum atomic E-state index is 0. The molecule has 0 fully saturated rings. The second-order valence-electron chi connectivity index (χ2n) is 1.45. The van der Waals surface area contributed by atoms with Crippen molar-refractivity contribution in [2.45, 2.75) is 0 Å². The first kappa shape index (κ1) is 9.60. The maximum atomic E-state index is 5.45. The van der Waals surface area contributed by atoms with Gasteiger partial charge in [0.25, 0.3) is 0 Å². The molecule has 3 heteroatoms. The molecule has 0 saturated carbocycles. The number of rotatable bonds is 0. The second-order valence-corrected chi connectivity index (χ2v) is 2.30. The first-order chi connectivity index (χ1) is 3.80. The summed E-state index contributed by atoms with van der Waals surface area (Å²) in [6.45, 7) is 0. The minimum absolute atomic E-state index is 0. The molecule has 1 aromatic rings. The zero-order chi connectivity index (χ0) is 5.98. The SMILES string of the molecule is Nc1cc[c-]cc1Br.[Y+3]. The molecule has 2 N–H and O–H groups in total. The van der Waals surface area contributed by atoms with Crippen LogP contribution in [0.15, 0.2) is 22.7 Å². The predicted octanol–water partition coefficient (Wildman–Crippen LogP) is 1.83. The van der Waals surface area contributed by atoms with Crippen LogP contribution >= 0.6 is 15.9 Å². The van der Waals surface area contributed by atoms with E-state index in [0.29, 0.717) is 0 Å². The van der Waals surface area contributed by atoms with Crippen molar-refractivity contribution in [1.29, 1.82) is 0 Å². The van der Waals surface area contributed by atoms with Crippen LogP contribution in [0.3, 0.4) is 0 Å². The molecule has 1 aromatic carbocycles. The van der Waals surface area contributed by atoms with Crippen molar-refractivity contribution in [3.63, 3.8) is 0 Å². The maximum Gasteiger partial charge on any atom is 3.00 e. The summed E-state index contributed by atoms with van der Waals surface area (Å²) in [4.78, 5) is 0. The molecule has 0 aliphatic carbocycles. The molecular formula is C6H5BrNY+2. The van der Waals surface area contributed by atoms with Crippen LogP contribution in [0.2, 0.25) is 0 Å². The molecule has 0 unspecified atom stereocenters. The molecule has 0 radical (unpaired) electrons. The molecule has 9 heavy (non-hydrogen) atoms. The standard InChI is InChI=1S/C6H5BrN.Y/c7-5-3-1-2-4-6(5)8;/h2-4H,8H2;/q-1;+3. The van der Waals surface area contributed by atoms with Gasteiger partial charge in [0, 0.05) is 0 Å². The van der Waals surface area contributed by atoms with Crippen molar-refractivity contribution < 1.29 is 32.7 Å². The van der Waals surface area contributed by atoms with Gasteiger partial charge in [0.2, 0.25) is 0 Å². The minimum Gasteiger partial charge on any atom is -0.418 e. The molecule has 0 atom stereocenters. The van der Waals surface area contributed by atoms with Gasteiger partial charge in [-0.1, -0.05) is 10.2 Å². The van der Waals surface area contributed by atoms with Gasteiger partial charge in [-0.3, -0.25) is 0 Å². The van der Waals surface area contributed by atoms with E-state index >= 15 is 0 Å². The van der Waals surface area contributed by atoms with Crippen LogP contribution in [-0.2, 0) is 32.7 Å². The summed E-state index contributed by atoms with van der Waals surface area (Å²) in [7, 11) is 0. The van der Waals surface area contributed by atoms with Gasteiger partial charge in [0.15, 0.2) is 0 Å². The number of hydrogen-bond acceptors (Lipinski definition) is 1. The third kappa shape index (κ3) is 2.79. The second kappa shape index (κ2) is 4.42. The van der Waals surface area contributed by atoms with Crippen molar-refractivity contribution in [2.24, 2.45) is 0 Å². The quantitative estimate of drug-likeness (QED) is 0.558. The van der Waals surface area contributed by atoms with Gasteiger partial charge in [-0.25, -0.2) is 0 Å². The van der Waals surface area contributed by atoms with Gasteiger partial charge in [0.1, 0.15) is 0 Å². The number of benzene rings is 1. The largest absolute Gasteiger partial charge is 3.00 e. The van der Waals surface area contributed by atoms with Gasteiger partial charge < -0.3 is 5.73 Å². The normalized spacial score (nSPS) is 8.11. The van der Waals surface area contributed by atoms with Crippen LogP contribution in [0.5, 0.6) is 0 Å². The van der Waals surface area contributed by atoms with E-state index in [1.165, 1.54) is 0 Å². The Morgan fingerprint density at radius 1 is 1.56 bits per heavy atom. The number of nitrogen functional groups attached to an aromatic ring is 1. The van der Waals surface area contributed by atoms with Gasteiger partial charge in [-0.05, 0) is 0 Å². The van der Waals surface area contributed by atoms with E-state index in [0.717, 1.165) is 10.2 Å². The van der Waals surface area contributed by atoms with Crippen molar-refractivity contribution in [3.05, 3.63) is 28.7 Å². The van der Waals surface area contributed by atoms with Crippen LogP contribution in [0.25, 0.3) is 0 Å². The van der Waals surface area contributed by atoms with Crippen LogP contribution in [-0.4, -0.2) is 0 Å². The van der Waals surface area contributed by atoms with Gasteiger partial charge in [-0.2, -0.15) is 18.2 Å². The van der Waals surface area contributed by atoms with Crippen LogP contribution in [0.4, 0.5) is 5.69 Å². The molecule has 0 heterocycles. The summed E-state index contributed by atoms with van der Waals surface area (Å²) in [5.41, 5.74) is 6.21. The fourth-order valence-electron chi connectivity index (χ4n) is 0.422. The molecule has 0 aromatic heterocycles. The summed E-state index contributed by atoms with van der Waals surface area (Å²) in [5, 5.41) is 0.